The first kappa shape index (κ1) is 21.0. The second kappa shape index (κ2) is 8.33. The summed E-state index contributed by atoms with van der Waals surface area (Å²) in [5.41, 5.74) is 6.41. The zero-order chi connectivity index (χ0) is 22.5. The highest BCUT2D eigenvalue weighted by molar-refractivity contribution is 5.98. The standard InChI is InChI=1S/C27H33N3O3/c1-18(31)29-12-13-30-24-9-11-28(17-23(24)22-7-4-8-25(29)26(22)30)16-21(32-2)15-20-6-3-5-19-10-14-33-27(19)20/h3-8,21,23-24H,9-17H2,1-2H3/t21?,23-,24-/m0/s1. The van der Waals surface area contributed by atoms with Crippen LogP contribution in [0.15, 0.2) is 36.4 Å². The van der Waals surface area contributed by atoms with Crippen LogP contribution >= 0.6 is 0 Å². The summed E-state index contributed by atoms with van der Waals surface area (Å²) in [6.45, 7) is 7.24. The number of nitrogens with zero attached hydrogens (tertiary/aromatic N) is 3. The predicted molar refractivity (Wildman–Crippen MR) is 130 cm³/mol. The molecule has 1 amide bonds. The fraction of sp³-hybridized carbons (Fsp3) is 0.519. The Kier molecular flexibility index (Phi) is 5.30. The van der Waals surface area contributed by atoms with Gasteiger partial charge in [0.05, 0.1) is 24.1 Å². The summed E-state index contributed by atoms with van der Waals surface area (Å²) in [5, 5.41) is 0. The van der Waals surface area contributed by atoms with Crippen molar-refractivity contribution >= 4 is 17.3 Å². The van der Waals surface area contributed by atoms with E-state index in [0.717, 1.165) is 70.0 Å². The van der Waals surface area contributed by atoms with Crippen LogP contribution in [0, 0.1) is 0 Å². The van der Waals surface area contributed by atoms with E-state index in [4.69, 9.17) is 9.47 Å². The van der Waals surface area contributed by atoms with Crippen LogP contribution in [0.1, 0.15) is 36.0 Å². The summed E-state index contributed by atoms with van der Waals surface area (Å²) >= 11 is 0. The maximum atomic E-state index is 12.2. The molecule has 6 rings (SSSR count). The Morgan fingerprint density at radius 3 is 2.91 bits per heavy atom. The summed E-state index contributed by atoms with van der Waals surface area (Å²) < 4.78 is 11.9. The van der Waals surface area contributed by atoms with E-state index < -0.39 is 0 Å². The fourth-order valence-electron chi connectivity index (χ4n) is 6.53. The van der Waals surface area contributed by atoms with Crippen molar-refractivity contribution in [3.63, 3.8) is 0 Å². The van der Waals surface area contributed by atoms with Crippen molar-refractivity contribution in [2.75, 3.05) is 56.2 Å². The average molecular weight is 448 g/mol. The van der Waals surface area contributed by atoms with Crippen LogP contribution in [-0.2, 0) is 22.4 Å². The topological polar surface area (TPSA) is 45.3 Å². The number of rotatable bonds is 5. The van der Waals surface area contributed by atoms with Crippen LogP contribution in [-0.4, -0.2) is 69.4 Å². The Labute approximate surface area is 196 Å². The third kappa shape index (κ3) is 3.51. The molecule has 0 spiro atoms. The maximum Gasteiger partial charge on any atom is 0.223 e. The van der Waals surface area contributed by atoms with E-state index in [1.807, 2.05) is 12.0 Å². The van der Waals surface area contributed by atoms with Gasteiger partial charge in [-0.25, -0.2) is 0 Å². The van der Waals surface area contributed by atoms with Gasteiger partial charge >= 0.3 is 0 Å². The van der Waals surface area contributed by atoms with E-state index in [2.05, 4.69) is 46.2 Å². The minimum Gasteiger partial charge on any atom is -0.493 e. The van der Waals surface area contributed by atoms with Gasteiger partial charge in [0.2, 0.25) is 5.91 Å². The highest BCUT2D eigenvalue weighted by Gasteiger charge is 2.45. The maximum absolute atomic E-state index is 12.2. The third-order valence-corrected chi connectivity index (χ3v) is 8.07. The van der Waals surface area contributed by atoms with E-state index in [9.17, 15) is 4.79 Å². The van der Waals surface area contributed by atoms with Gasteiger partial charge in [-0.3, -0.25) is 9.69 Å². The summed E-state index contributed by atoms with van der Waals surface area (Å²) in [5.74, 6) is 1.71. The molecule has 1 fully saturated rings. The molecule has 174 valence electrons. The average Bonchev–Trinajstić information content (AvgIpc) is 3.43. The Bertz CT molecular complexity index is 1070. The van der Waals surface area contributed by atoms with E-state index in [-0.39, 0.29) is 12.0 Å². The second-order valence-electron chi connectivity index (χ2n) is 9.87. The van der Waals surface area contributed by atoms with Gasteiger partial charge < -0.3 is 19.3 Å². The summed E-state index contributed by atoms with van der Waals surface area (Å²) in [6.07, 6.45) is 3.18. The zero-order valence-corrected chi connectivity index (χ0v) is 19.6. The van der Waals surface area contributed by atoms with Crippen molar-refractivity contribution in [1.82, 2.24) is 4.90 Å². The summed E-state index contributed by atoms with van der Waals surface area (Å²) in [4.78, 5) is 19.3. The molecule has 2 aromatic rings. The lowest BCUT2D eigenvalue weighted by atomic mass is 9.88. The molecular formula is C27H33N3O3. The number of hydrogen-bond acceptors (Lipinski definition) is 5. The second-order valence-corrected chi connectivity index (χ2v) is 9.87. The number of fused-ring (bicyclic) bond motifs is 4. The minimum absolute atomic E-state index is 0.138. The Hall–Kier alpha value is -2.57. The number of amides is 1. The number of methoxy groups -OCH3 is 1. The lowest BCUT2D eigenvalue weighted by Crippen LogP contribution is -2.51. The van der Waals surface area contributed by atoms with E-state index in [1.54, 1.807) is 6.92 Å². The molecular weight excluding hydrogens is 414 g/mol. The number of ether oxygens (including phenoxy) is 2. The molecule has 4 aliphatic heterocycles. The van der Waals surface area contributed by atoms with Gasteiger partial charge in [0.15, 0.2) is 0 Å². The molecule has 3 atom stereocenters. The van der Waals surface area contributed by atoms with Gasteiger partial charge in [0.1, 0.15) is 5.75 Å². The molecule has 0 bridgehead atoms. The van der Waals surface area contributed by atoms with Crippen LogP contribution in [0.4, 0.5) is 11.4 Å². The number of hydrogen-bond donors (Lipinski definition) is 0. The number of para-hydroxylation sites is 2. The molecule has 0 aliphatic carbocycles. The van der Waals surface area contributed by atoms with Crippen molar-refractivity contribution in [1.29, 1.82) is 0 Å². The van der Waals surface area contributed by atoms with Crippen molar-refractivity contribution in [3.8, 4) is 5.75 Å². The van der Waals surface area contributed by atoms with Gasteiger partial charge in [-0.2, -0.15) is 0 Å². The van der Waals surface area contributed by atoms with Crippen molar-refractivity contribution in [3.05, 3.63) is 53.1 Å². The predicted octanol–water partition coefficient (Wildman–Crippen LogP) is 3.22. The first-order valence-corrected chi connectivity index (χ1v) is 12.3. The SMILES string of the molecule is COC(Cc1cccc2c1OCC2)CN1CC[C@H]2[C@@H](C1)c1cccc3c1N2CCN3C(C)=O. The molecule has 0 radical (unpaired) electrons. The smallest absolute Gasteiger partial charge is 0.223 e. The molecule has 1 unspecified atom stereocenters. The van der Waals surface area contributed by atoms with Gasteiger partial charge in [-0.05, 0) is 29.2 Å². The van der Waals surface area contributed by atoms with E-state index in [0.29, 0.717) is 12.0 Å². The quantitative estimate of drug-likeness (QED) is 0.704. The van der Waals surface area contributed by atoms with Gasteiger partial charge in [-0.15, -0.1) is 0 Å². The Balaban J connectivity index is 1.19. The lowest BCUT2D eigenvalue weighted by molar-refractivity contribution is -0.116. The van der Waals surface area contributed by atoms with Crippen LogP contribution in [0.2, 0.25) is 0 Å². The Morgan fingerprint density at radius 2 is 2.06 bits per heavy atom. The summed E-state index contributed by atoms with van der Waals surface area (Å²) in [6, 6.07) is 13.6. The van der Waals surface area contributed by atoms with Crippen molar-refractivity contribution < 1.29 is 14.3 Å². The van der Waals surface area contributed by atoms with E-state index in [1.165, 1.54) is 22.4 Å². The molecule has 4 aliphatic rings. The third-order valence-electron chi connectivity index (χ3n) is 8.07. The fourth-order valence-corrected chi connectivity index (χ4v) is 6.53. The molecule has 4 heterocycles. The van der Waals surface area contributed by atoms with Gasteiger partial charge in [0, 0.05) is 71.6 Å². The highest BCUT2D eigenvalue weighted by atomic mass is 16.5. The largest absolute Gasteiger partial charge is 0.493 e. The first-order chi connectivity index (χ1) is 16.1. The molecule has 2 aromatic carbocycles. The van der Waals surface area contributed by atoms with Crippen molar-refractivity contribution in [2.24, 2.45) is 0 Å². The lowest BCUT2D eigenvalue weighted by Gasteiger charge is -2.42. The van der Waals surface area contributed by atoms with Gasteiger partial charge in [-0.1, -0.05) is 30.3 Å². The molecule has 0 aromatic heterocycles. The Morgan fingerprint density at radius 1 is 1.18 bits per heavy atom. The molecule has 6 nitrogen and oxygen atoms in total. The molecule has 0 N–H and O–H groups in total. The van der Waals surface area contributed by atoms with E-state index >= 15 is 0 Å². The first-order valence-electron chi connectivity index (χ1n) is 12.3. The number of carbonyl (C=O) groups excluding carboxylic acids is 1. The number of anilines is 2. The van der Waals surface area contributed by atoms with Crippen LogP contribution in [0.5, 0.6) is 5.75 Å². The molecule has 33 heavy (non-hydrogen) atoms. The number of likely N-dealkylation sites (tertiary alicyclic amines) is 1. The summed E-state index contributed by atoms with van der Waals surface area (Å²) in [7, 11) is 1.83. The zero-order valence-electron chi connectivity index (χ0n) is 19.6. The highest BCUT2D eigenvalue weighted by Crippen LogP contribution is 2.50. The monoisotopic (exact) mass is 447 g/mol. The normalized spacial score (nSPS) is 24.2. The number of carbonyl (C=O) groups is 1. The molecule has 6 heteroatoms. The molecule has 1 saturated heterocycles. The number of benzene rings is 2. The van der Waals surface area contributed by atoms with Crippen molar-refractivity contribution in [2.45, 2.75) is 44.2 Å². The van der Waals surface area contributed by atoms with Crippen LogP contribution in [0.3, 0.4) is 0 Å². The number of piperidine rings is 1. The van der Waals surface area contributed by atoms with Crippen LogP contribution in [0.25, 0.3) is 0 Å². The van der Waals surface area contributed by atoms with Crippen LogP contribution < -0.4 is 14.5 Å². The van der Waals surface area contributed by atoms with Gasteiger partial charge in [0.25, 0.3) is 0 Å². The minimum atomic E-state index is 0.138. The molecule has 0 saturated carbocycles.